The van der Waals surface area contributed by atoms with Crippen molar-refractivity contribution in [2.24, 2.45) is 5.73 Å². The fourth-order valence-electron chi connectivity index (χ4n) is 1.45. The Hall–Kier alpha value is -1.88. The topological polar surface area (TPSA) is 59.1 Å². The molecule has 0 saturated heterocycles. The van der Waals surface area contributed by atoms with Crippen molar-refractivity contribution in [3.05, 3.63) is 58.3 Å². The molecule has 0 aliphatic carbocycles. The van der Waals surface area contributed by atoms with Crippen molar-refractivity contribution >= 4 is 21.8 Å². The van der Waals surface area contributed by atoms with Gasteiger partial charge in [-0.05, 0) is 30.3 Å². The predicted octanol–water partition coefficient (Wildman–Crippen LogP) is 3.66. The van der Waals surface area contributed by atoms with E-state index >= 15 is 0 Å². The van der Waals surface area contributed by atoms with Crippen molar-refractivity contribution < 1.29 is 9.13 Å². The molecule has 0 bridgehead atoms. The van der Waals surface area contributed by atoms with E-state index in [2.05, 4.69) is 15.9 Å². The lowest BCUT2D eigenvalue weighted by Crippen LogP contribution is -2.12. The molecule has 2 aromatic rings. The molecule has 0 saturated carbocycles. The standard InChI is InChI=1S/C13H10BrFN2O/c14-8-5-6-11(9(7-8)13(16)17)18-12-4-2-1-3-10(12)15/h1-7H,(H3,16,17). The zero-order valence-electron chi connectivity index (χ0n) is 9.28. The molecule has 0 amide bonds. The number of nitrogens with one attached hydrogen (secondary N) is 1. The highest BCUT2D eigenvalue weighted by Crippen LogP contribution is 2.29. The SMILES string of the molecule is N=C(N)c1cc(Br)ccc1Oc1ccccc1F. The number of para-hydroxylation sites is 1. The van der Waals surface area contributed by atoms with E-state index in [1.165, 1.54) is 12.1 Å². The predicted molar refractivity (Wildman–Crippen MR) is 71.6 cm³/mol. The van der Waals surface area contributed by atoms with Crippen LogP contribution in [0, 0.1) is 11.2 Å². The van der Waals surface area contributed by atoms with Gasteiger partial charge in [0.05, 0.1) is 5.56 Å². The Morgan fingerprint density at radius 1 is 1.17 bits per heavy atom. The second-order valence-electron chi connectivity index (χ2n) is 3.59. The molecule has 0 unspecified atom stereocenters. The summed E-state index contributed by atoms with van der Waals surface area (Å²) in [6.45, 7) is 0. The third kappa shape index (κ3) is 2.68. The van der Waals surface area contributed by atoms with Gasteiger partial charge in [-0.15, -0.1) is 0 Å². The summed E-state index contributed by atoms with van der Waals surface area (Å²) in [7, 11) is 0. The molecular formula is C13H10BrFN2O. The van der Waals surface area contributed by atoms with Crippen LogP contribution < -0.4 is 10.5 Å². The Morgan fingerprint density at radius 2 is 1.89 bits per heavy atom. The van der Waals surface area contributed by atoms with Gasteiger partial charge in [-0.1, -0.05) is 28.1 Å². The van der Waals surface area contributed by atoms with Crippen molar-refractivity contribution in [1.29, 1.82) is 5.41 Å². The normalized spacial score (nSPS) is 10.1. The highest BCUT2D eigenvalue weighted by Gasteiger charge is 2.10. The highest BCUT2D eigenvalue weighted by molar-refractivity contribution is 9.10. The number of hydrogen-bond acceptors (Lipinski definition) is 2. The van der Waals surface area contributed by atoms with E-state index in [0.717, 1.165) is 4.47 Å². The van der Waals surface area contributed by atoms with Crippen molar-refractivity contribution in [2.75, 3.05) is 0 Å². The maximum Gasteiger partial charge on any atom is 0.165 e. The molecule has 3 N–H and O–H groups in total. The monoisotopic (exact) mass is 308 g/mol. The first-order valence-corrected chi connectivity index (χ1v) is 5.93. The first kappa shape index (κ1) is 12.6. The minimum absolute atomic E-state index is 0.0994. The highest BCUT2D eigenvalue weighted by atomic mass is 79.9. The fourth-order valence-corrected chi connectivity index (χ4v) is 1.81. The maximum atomic E-state index is 13.5. The van der Waals surface area contributed by atoms with Crippen LogP contribution in [0.3, 0.4) is 0 Å². The van der Waals surface area contributed by atoms with Crippen molar-refractivity contribution in [2.45, 2.75) is 0 Å². The summed E-state index contributed by atoms with van der Waals surface area (Å²) in [5.74, 6) is -0.157. The van der Waals surface area contributed by atoms with Crippen LogP contribution in [0.15, 0.2) is 46.9 Å². The van der Waals surface area contributed by atoms with E-state index in [0.29, 0.717) is 11.3 Å². The van der Waals surface area contributed by atoms with Crippen LogP contribution in [0.5, 0.6) is 11.5 Å². The summed E-state index contributed by atoms with van der Waals surface area (Å²) in [5, 5.41) is 7.48. The summed E-state index contributed by atoms with van der Waals surface area (Å²) in [6.07, 6.45) is 0. The molecule has 2 aromatic carbocycles. The van der Waals surface area contributed by atoms with Gasteiger partial charge in [-0.2, -0.15) is 0 Å². The minimum atomic E-state index is -0.463. The van der Waals surface area contributed by atoms with Crippen molar-refractivity contribution in [1.82, 2.24) is 0 Å². The van der Waals surface area contributed by atoms with E-state index < -0.39 is 5.82 Å². The Kier molecular flexibility index (Phi) is 3.62. The average molecular weight is 309 g/mol. The number of ether oxygens (including phenoxy) is 1. The third-order valence-corrected chi connectivity index (χ3v) is 2.78. The molecule has 2 rings (SSSR count). The van der Waals surface area contributed by atoms with Gasteiger partial charge in [0.1, 0.15) is 11.6 Å². The van der Waals surface area contributed by atoms with E-state index in [-0.39, 0.29) is 11.6 Å². The minimum Gasteiger partial charge on any atom is -0.454 e. The summed E-state index contributed by atoms with van der Waals surface area (Å²) in [4.78, 5) is 0. The first-order valence-electron chi connectivity index (χ1n) is 5.14. The molecule has 0 atom stereocenters. The largest absolute Gasteiger partial charge is 0.454 e. The summed E-state index contributed by atoms with van der Waals surface area (Å²) in [6, 6.07) is 11.1. The van der Waals surface area contributed by atoms with Gasteiger partial charge < -0.3 is 10.5 Å². The third-order valence-electron chi connectivity index (χ3n) is 2.29. The second kappa shape index (κ2) is 5.18. The molecule has 18 heavy (non-hydrogen) atoms. The number of hydrogen-bond donors (Lipinski definition) is 2. The van der Waals surface area contributed by atoms with Gasteiger partial charge >= 0.3 is 0 Å². The van der Waals surface area contributed by atoms with Crippen LogP contribution in [-0.2, 0) is 0 Å². The van der Waals surface area contributed by atoms with Crippen LogP contribution in [0.25, 0.3) is 0 Å². The van der Waals surface area contributed by atoms with Crippen LogP contribution in [0.2, 0.25) is 0 Å². The Labute approximate surface area is 112 Å². The van der Waals surface area contributed by atoms with Gasteiger partial charge in [0.25, 0.3) is 0 Å². The zero-order valence-corrected chi connectivity index (χ0v) is 10.9. The number of rotatable bonds is 3. The summed E-state index contributed by atoms with van der Waals surface area (Å²) >= 11 is 3.28. The van der Waals surface area contributed by atoms with Gasteiger partial charge in [-0.3, -0.25) is 5.41 Å². The molecular weight excluding hydrogens is 299 g/mol. The van der Waals surface area contributed by atoms with Crippen molar-refractivity contribution in [3.63, 3.8) is 0 Å². The maximum absolute atomic E-state index is 13.5. The molecule has 0 spiro atoms. The van der Waals surface area contributed by atoms with Crippen molar-refractivity contribution in [3.8, 4) is 11.5 Å². The average Bonchev–Trinajstić information content (AvgIpc) is 2.34. The van der Waals surface area contributed by atoms with Crippen LogP contribution >= 0.6 is 15.9 Å². The second-order valence-corrected chi connectivity index (χ2v) is 4.50. The Morgan fingerprint density at radius 3 is 2.56 bits per heavy atom. The molecule has 0 fully saturated rings. The van der Waals surface area contributed by atoms with E-state index in [1.807, 2.05) is 0 Å². The lowest BCUT2D eigenvalue weighted by atomic mass is 10.2. The zero-order chi connectivity index (χ0) is 13.1. The van der Waals surface area contributed by atoms with Gasteiger partial charge in [0, 0.05) is 4.47 Å². The Bertz CT molecular complexity index is 601. The molecule has 3 nitrogen and oxygen atoms in total. The van der Waals surface area contributed by atoms with E-state index in [9.17, 15) is 4.39 Å². The molecule has 0 aliphatic heterocycles. The molecule has 0 radical (unpaired) electrons. The number of nitrogen functional groups attached to an aromatic ring is 1. The molecule has 5 heteroatoms. The van der Waals surface area contributed by atoms with Crippen LogP contribution in [-0.4, -0.2) is 5.84 Å². The molecule has 92 valence electrons. The van der Waals surface area contributed by atoms with Crippen LogP contribution in [0.1, 0.15) is 5.56 Å². The van der Waals surface area contributed by atoms with Crippen LogP contribution in [0.4, 0.5) is 4.39 Å². The lowest BCUT2D eigenvalue weighted by Gasteiger charge is -2.11. The van der Waals surface area contributed by atoms with Gasteiger partial charge in [0.2, 0.25) is 0 Å². The Balaban J connectivity index is 2.41. The number of amidine groups is 1. The molecule has 0 aromatic heterocycles. The van der Waals surface area contributed by atoms with E-state index in [1.54, 1.807) is 30.3 Å². The lowest BCUT2D eigenvalue weighted by molar-refractivity contribution is 0.441. The number of benzene rings is 2. The molecule has 0 aliphatic rings. The smallest absolute Gasteiger partial charge is 0.165 e. The summed E-state index contributed by atoms with van der Waals surface area (Å²) < 4.78 is 19.7. The van der Waals surface area contributed by atoms with Gasteiger partial charge in [-0.25, -0.2) is 4.39 Å². The summed E-state index contributed by atoms with van der Waals surface area (Å²) in [5.41, 5.74) is 5.87. The quantitative estimate of drug-likeness (QED) is 0.671. The molecule has 0 heterocycles. The van der Waals surface area contributed by atoms with E-state index in [4.69, 9.17) is 15.9 Å². The number of halogens is 2. The fraction of sp³-hybridized carbons (Fsp3) is 0. The number of nitrogens with two attached hydrogens (primary N) is 1. The van der Waals surface area contributed by atoms with Gasteiger partial charge in [0.15, 0.2) is 11.6 Å². The first-order chi connectivity index (χ1) is 8.58.